The minimum atomic E-state index is -0.225. The van der Waals surface area contributed by atoms with Gasteiger partial charge in [-0.15, -0.1) is 5.10 Å². The summed E-state index contributed by atoms with van der Waals surface area (Å²) >= 11 is 0. The predicted octanol–water partition coefficient (Wildman–Crippen LogP) is 4.44. The van der Waals surface area contributed by atoms with Gasteiger partial charge in [0.1, 0.15) is 5.75 Å². The number of hydrogen-bond acceptors (Lipinski definition) is 7. The second kappa shape index (κ2) is 11.1. The molecule has 0 saturated carbocycles. The van der Waals surface area contributed by atoms with Crippen molar-refractivity contribution < 1.29 is 9.47 Å². The fraction of sp³-hybridized carbons (Fsp3) is 0.630. The van der Waals surface area contributed by atoms with Crippen molar-refractivity contribution in [3.63, 3.8) is 0 Å². The number of rotatable bonds is 11. The van der Waals surface area contributed by atoms with E-state index in [4.69, 9.17) is 9.47 Å². The van der Waals surface area contributed by atoms with Crippen LogP contribution in [0.2, 0.25) is 0 Å². The number of pyridine rings is 1. The van der Waals surface area contributed by atoms with Gasteiger partial charge in [0.05, 0.1) is 24.3 Å². The number of tetrazole rings is 1. The van der Waals surface area contributed by atoms with Gasteiger partial charge in [-0.2, -0.15) is 0 Å². The molecule has 4 rings (SSSR count). The SMILES string of the molecule is CCOc1ccc2[nH]c(=O)c(CN(C[C@@H]3CCCO3)[C@H](c3nnnn3C(C)(C)CC)C(C)C)cc2c1. The van der Waals surface area contributed by atoms with E-state index in [1.165, 1.54) is 0 Å². The van der Waals surface area contributed by atoms with Crippen LogP contribution in [0.5, 0.6) is 5.75 Å². The van der Waals surface area contributed by atoms with Gasteiger partial charge in [0.2, 0.25) is 0 Å². The molecule has 3 aromatic rings. The zero-order valence-corrected chi connectivity index (χ0v) is 22.5. The molecule has 3 heterocycles. The molecule has 0 aliphatic carbocycles. The lowest BCUT2D eigenvalue weighted by atomic mass is 9.97. The van der Waals surface area contributed by atoms with Crippen molar-refractivity contribution in [1.29, 1.82) is 0 Å². The van der Waals surface area contributed by atoms with Gasteiger partial charge < -0.3 is 14.5 Å². The average Bonchev–Trinajstić information content (AvgIpc) is 3.53. The zero-order chi connectivity index (χ0) is 25.9. The second-order valence-corrected chi connectivity index (χ2v) is 10.7. The molecule has 1 aliphatic heterocycles. The largest absolute Gasteiger partial charge is 0.494 e. The summed E-state index contributed by atoms with van der Waals surface area (Å²) in [6.07, 6.45) is 3.09. The number of benzene rings is 1. The maximum Gasteiger partial charge on any atom is 0.252 e. The molecule has 0 radical (unpaired) electrons. The van der Waals surface area contributed by atoms with Gasteiger partial charge in [-0.3, -0.25) is 9.69 Å². The Hall–Kier alpha value is -2.78. The van der Waals surface area contributed by atoms with Crippen molar-refractivity contribution in [2.75, 3.05) is 19.8 Å². The molecule has 0 amide bonds. The van der Waals surface area contributed by atoms with Crippen molar-refractivity contribution in [2.24, 2.45) is 5.92 Å². The number of nitrogens with zero attached hydrogens (tertiary/aromatic N) is 5. The van der Waals surface area contributed by atoms with Crippen molar-refractivity contribution in [3.8, 4) is 5.75 Å². The Morgan fingerprint density at radius 1 is 1.28 bits per heavy atom. The third-order valence-corrected chi connectivity index (χ3v) is 7.26. The predicted molar refractivity (Wildman–Crippen MR) is 140 cm³/mol. The molecule has 36 heavy (non-hydrogen) atoms. The molecule has 1 fully saturated rings. The van der Waals surface area contributed by atoms with Crippen LogP contribution in [0.4, 0.5) is 0 Å². The van der Waals surface area contributed by atoms with Crippen LogP contribution < -0.4 is 10.3 Å². The third-order valence-electron chi connectivity index (χ3n) is 7.26. The lowest BCUT2D eigenvalue weighted by Gasteiger charge is -2.36. The quantitative estimate of drug-likeness (QED) is 0.419. The van der Waals surface area contributed by atoms with E-state index in [-0.39, 0.29) is 29.2 Å². The summed E-state index contributed by atoms with van der Waals surface area (Å²) in [6.45, 7) is 15.3. The highest BCUT2D eigenvalue weighted by Gasteiger charge is 2.35. The van der Waals surface area contributed by atoms with Gasteiger partial charge in [-0.1, -0.05) is 20.8 Å². The Morgan fingerprint density at radius 2 is 2.08 bits per heavy atom. The maximum absolute atomic E-state index is 13.2. The first kappa shape index (κ1) is 26.3. The third kappa shape index (κ3) is 5.62. The highest BCUT2D eigenvalue weighted by Crippen LogP contribution is 2.33. The van der Waals surface area contributed by atoms with Gasteiger partial charge in [-0.25, -0.2) is 4.68 Å². The number of aromatic amines is 1. The van der Waals surface area contributed by atoms with Crippen LogP contribution in [0, 0.1) is 5.92 Å². The van der Waals surface area contributed by atoms with Crippen molar-refractivity contribution in [2.45, 2.75) is 85.0 Å². The van der Waals surface area contributed by atoms with Gasteiger partial charge in [0, 0.05) is 36.2 Å². The average molecular weight is 497 g/mol. The van der Waals surface area contributed by atoms with Crippen molar-refractivity contribution in [3.05, 3.63) is 46.0 Å². The zero-order valence-electron chi connectivity index (χ0n) is 22.5. The molecule has 2 aromatic heterocycles. The number of aromatic nitrogens is 5. The molecule has 1 aliphatic rings. The van der Waals surface area contributed by atoms with Crippen LogP contribution in [0.25, 0.3) is 10.9 Å². The van der Waals surface area contributed by atoms with Gasteiger partial charge in [0.15, 0.2) is 5.82 Å². The van der Waals surface area contributed by atoms with Crippen LogP contribution in [0.15, 0.2) is 29.1 Å². The Kier molecular flexibility index (Phi) is 8.10. The van der Waals surface area contributed by atoms with E-state index in [1.54, 1.807) is 0 Å². The number of hydrogen-bond donors (Lipinski definition) is 1. The van der Waals surface area contributed by atoms with E-state index in [9.17, 15) is 4.79 Å². The van der Waals surface area contributed by atoms with Crippen LogP contribution in [-0.4, -0.2) is 56.0 Å². The minimum Gasteiger partial charge on any atom is -0.494 e. The molecule has 0 unspecified atom stereocenters. The lowest BCUT2D eigenvalue weighted by molar-refractivity contribution is 0.0368. The first-order valence-corrected chi connectivity index (χ1v) is 13.2. The molecule has 9 heteroatoms. The van der Waals surface area contributed by atoms with Crippen LogP contribution >= 0.6 is 0 Å². The molecule has 1 saturated heterocycles. The summed E-state index contributed by atoms with van der Waals surface area (Å²) < 4.78 is 13.7. The van der Waals surface area contributed by atoms with E-state index in [2.05, 4.69) is 60.0 Å². The van der Waals surface area contributed by atoms with Gasteiger partial charge in [-0.05, 0) is 80.6 Å². The van der Waals surface area contributed by atoms with E-state index in [0.717, 1.165) is 48.3 Å². The second-order valence-electron chi connectivity index (χ2n) is 10.7. The fourth-order valence-corrected chi connectivity index (χ4v) is 4.99. The number of nitrogens with one attached hydrogen (secondary N) is 1. The summed E-state index contributed by atoms with van der Waals surface area (Å²) in [5.41, 5.74) is 1.19. The first-order chi connectivity index (χ1) is 17.2. The summed E-state index contributed by atoms with van der Waals surface area (Å²) in [6, 6.07) is 7.66. The normalized spacial score (nSPS) is 17.4. The van der Waals surface area contributed by atoms with E-state index >= 15 is 0 Å². The molecule has 1 aromatic carbocycles. The van der Waals surface area contributed by atoms with E-state index < -0.39 is 0 Å². The molecule has 0 bridgehead atoms. The van der Waals surface area contributed by atoms with Crippen LogP contribution in [-0.2, 0) is 16.8 Å². The Labute approximate surface area is 213 Å². The van der Waals surface area contributed by atoms with E-state index in [0.29, 0.717) is 25.3 Å². The molecular formula is C27H40N6O3. The monoisotopic (exact) mass is 496 g/mol. The smallest absolute Gasteiger partial charge is 0.252 e. The standard InChI is InChI=1S/C27H40N6O3/c1-7-27(5,6)33-25(29-30-31-33)24(18(3)4)32(17-22-10-9-13-36-22)16-20-14-19-15-21(35-8-2)11-12-23(19)28-26(20)34/h11-12,14-15,18,22,24H,7-10,13,16-17H2,1-6H3,(H,28,34)/t22-,24-/m0/s1. The summed E-state index contributed by atoms with van der Waals surface area (Å²) in [5, 5.41) is 13.9. The number of H-pyrrole nitrogens is 1. The summed E-state index contributed by atoms with van der Waals surface area (Å²) in [7, 11) is 0. The molecule has 196 valence electrons. The molecule has 0 spiro atoms. The highest BCUT2D eigenvalue weighted by atomic mass is 16.5. The Bertz CT molecular complexity index is 1210. The molecule has 9 nitrogen and oxygen atoms in total. The molecule has 1 N–H and O–H groups in total. The van der Waals surface area contributed by atoms with Gasteiger partial charge >= 0.3 is 0 Å². The lowest BCUT2D eigenvalue weighted by Crippen LogP contribution is -2.41. The van der Waals surface area contributed by atoms with Gasteiger partial charge in [0.25, 0.3) is 5.56 Å². The highest BCUT2D eigenvalue weighted by molar-refractivity contribution is 5.80. The Balaban J connectivity index is 1.75. The number of ether oxygens (including phenoxy) is 2. The number of fused-ring (bicyclic) bond motifs is 1. The van der Waals surface area contributed by atoms with Crippen LogP contribution in [0.1, 0.15) is 78.2 Å². The fourth-order valence-electron chi connectivity index (χ4n) is 4.99. The van der Waals surface area contributed by atoms with Crippen molar-refractivity contribution >= 4 is 10.9 Å². The molecule has 2 atom stereocenters. The topological polar surface area (TPSA) is 98.2 Å². The van der Waals surface area contributed by atoms with Crippen molar-refractivity contribution in [1.82, 2.24) is 30.1 Å². The van der Waals surface area contributed by atoms with Crippen LogP contribution in [0.3, 0.4) is 0 Å². The Morgan fingerprint density at radius 3 is 2.75 bits per heavy atom. The minimum absolute atomic E-state index is 0.0833. The summed E-state index contributed by atoms with van der Waals surface area (Å²) in [4.78, 5) is 18.6. The first-order valence-electron chi connectivity index (χ1n) is 13.2. The molecular weight excluding hydrogens is 456 g/mol. The summed E-state index contributed by atoms with van der Waals surface area (Å²) in [5.74, 6) is 1.83. The maximum atomic E-state index is 13.2. The van der Waals surface area contributed by atoms with E-state index in [1.807, 2.05) is 35.9 Å².